The van der Waals surface area contributed by atoms with Crippen LogP contribution in [0.1, 0.15) is 28.7 Å². The van der Waals surface area contributed by atoms with E-state index >= 15 is 0 Å². The molecule has 4 rings (SSSR count). The number of hydrogen-bond acceptors (Lipinski definition) is 4. The van der Waals surface area contributed by atoms with Crippen molar-refractivity contribution in [2.45, 2.75) is 12.0 Å². The summed E-state index contributed by atoms with van der Waals surface area (Å²) in [5.74, 6) is 1.96. The monoisotopic (exact) mass is 406 g/mol. The van der Waals surface area contributed by atoms with Gasteiger partial charge in [0.2, 0.25) is 5.91 Å². The molecule has 0 saturated carbocycles. The van der Waals surface area contributed by atoms with E-state index in [0.29, 0.717) is 6.54 Å². The second-order valence-electron chi connectivity index (χ2n) is 7.22. The van der Waals surface area contributed by atoms with Crippen molar-refractivity contribution in [1.29, 1.82) is 0 Å². The Balaban J connectivity index is 1.53. The summed E-state index contributed by atoms with van der Waals surface area (Å²) in [7, 11) is 0. The molecule has 1 saturated heterocycles. The predicted octanol–water partition coefficient (Wildman–Crippen LogP) is 4.32. The van der Waals surface area contributed by atoms with Crippen molar-refractivity contribution in [3.05, 3.63) is 95.9 Å². The molecule has 0 aliphatic carbocycles. The predicted molar refractivity (Wildman–Crippen MR) is 118 cm³/mol. The lowest BCUT2D eigenvalue weighted by atomic mass is 9.90. The van der Waals surface area contributed by atoms with E-state index in [1.54, 1.807) is 12.5 Å². The van der Waals surface area contributed by atoms with Crippen LogP contribution in [-0.2, 0) is 4.79 Å². The second kappa shape index (κ2) is 9.81. The number of nitrogens with one attached hydrogen (secondary N) is 1. The van der Waals surface area contributed by atoms with Gasteiger partial charge in [-0.05, 0) is 17.2 Å². The third kappa shape index (κ3) is 4.92. The molecule has 1 atom stereocenters. The van der Waals surface area contributed by atoms with Crippen molar-refractivity contribution < 1.29 is 9.21 Å². The fourth-order valence-corrected chi connectivity index (χ4v) is 4.83. The number of nitrogens with zero attached hydrogens (tertiary/aromatic N) is 1. The van der Waals surface area contributed by atoms with Gasteiger partial charge in [0.05, 0.1) is 24.5 Å². The molecular weight excluding hydrogens is 380 g/mol. The first-order valence-electron chi connectivity index (χ1n) is 10.0. The summed E-state index contributed by atoms with van der Waals surface area (Å²) in [6.45, 7) is 2.62. The minimum Gasteiger partial charge on any atom is -0.472 e. The Bertz CT molecular complexity index is 838. The van der Waals surface area contributed by atoms with E-state index in [0.717, 1.165) is 41.3 Å². The molecule has 2 aromatic carbocycles. The van der Waals surface area contributed by atoms with Gasteiger partial charge < -0.3 is 9.73 Å². The maximum absolute atomic E-state index is 13.3. The van der Waals surface area contributed by atoms with E-state index in [4.69, 9.17) is 4.42 Å². The zero-order valence-electron chi connectivity index (χ0n) is 16.4. The van der Waals surface area contributed by atoms with Gasteiger partial charge in [-0.25, -0.2) is 0 Å². The number of rotatable bonds is 7. The highest BCUT2D eigenvalue weighted by Gasteiger charge is 2.27. The van der Waals surface area contributed by atoms with Crippen LogP contribution in [0.5, 0.6) is 0 Å². The summed E-state index contributed by atoms with van der Waals surface area (Å²) >= 11 is 1.98. The zero-order valence-corrected chi connectivity index (χ0v) is 17.2. The molecule has 1 unspecified atom stereocenters. The standard InChI is InChI=1S/C24H26N2O2S/c27-24(23(19-7-3-1-4-8-19)20-9-5-2-6-10-20)25-17-22(21-11-14-28-18-21)26-12-15-29-16-13-26/h1-11,14,18,22-23H,12-13,15-17H2,(H,25,27). The molecule has 1 amide bonds. The van der Waals surface area contributed by atoms with Crippen molar-refractivity contribution in [2.24, 2.45) is 0 Å². The Morgan fingerprint density at radius 3 is 2.10 bits per heavy atom. The summed E-state index contributed by atoms with van der Waals surface area (Å²) in [6.07, 6.45) is 3.50. The molecule has 150 valence electrons. The van der Waals surface area contributed by atoms with Crippen molar-refractivity contribution in [3.8, 4) is 0 Å². The fourth-order valence-electron chi connectivity index (χ4n) is 3.90. The van der Waals surface area contributed by atoms with Gasteiger partial charge in [0.15, 0.2) is 0 Å². The normalized spacial score (nSPS) is 15.9. The molecule has 29 heavy (non-hydrogen) atoms. The van der Waals surface area contributed by atoms with Crippen LogP contribution in [0.3, 0.4) is 0 Å². The number of hydrogen-bond donors (Lipinski definition) is 1. The van der Waals surface area contributed by atoms with Crippen molar-refractivity contribution in [1.82, 2.24) is 10.2 Å². The maximum atomic E-state index is 13.3. The van der Waals surface area contributed by atoms with Gasteiger partial charge in [-0.2, -0.15) is 11.8 Å². The third-order valence-corrected chi connectivity index (χ3v) is 6.35. The van der Waals surface area contributed by atoms with Crippen LogP contribution in [0.2, 0.25) is 0 Å². The molecule has 0 bridgehead atoms. The number of benzene rings is 2. The first-order valence-corrected chi connectivity index (χ1v) is 11.2. The van der Waals surface area contributed by atoms with Crippen LogP contribution >= 0.6 is 11.8 Å². The molecule has 0 radical (unpaired) electrons. The molecular formula is C24H26N2O2S. The molecule has 1 fully saturated rings. The van der Waals surface area contributed by atoms with Crippen molar-refractivity contribution in [2.75, 3.05) is 31.1 Å². The van der Waals surface area contributed by atoms with E-state index in [2.05, 4.69) is 10.2 Å². The first kappa shape index (κ1) is 19.8. The molecule has 5 heteroatoms. The van der Waals surface area contributed by atoms with E-state index in [9.17, 15) is 4.79 Å². The van der Waals surface area contributed by atoms with Gasteiger partial charge >= 0.3 is 0 Å². The summed E-state index contributed by atoms with van der Waals surface area (Å²) in [6, 6.07) is 22.1. The maximum Gasteiger partial charge on any atom is 0.232 e. The van der Waals surface area contributed by atoms with E-state index in [1.165, 1.54) is 0 Å². The average Bonchev–Trinajstić information content (AvgIpc) is 3.31. The van der Waals surface area contributed by atoms with Crippen LogP contribution < -0.4 is 5.32 Å². The highest BCUT2D eigenvalue weighted by molar-refractivity contribution is 7.99. The zero-order chi connectivity index (χ0) is 19.9. The largest absolute Gasteiger partial charge is 0.472 e. The van der Waals surface area contributed by atoms with Crippen LogP contribution in [0.25, 0.3) is 0 Å². The minimum atomic E-state index is -0.320. The minimum absolute atomic E-state index is 0.0299. The summed E-state index contributed by atoms with van der Waals surface area (Å²) in [5, 5.41) is 3.24. The van der Waals surface area contributed by atoms with Crippen molar-refractivity contribution >= 4 is 17.7 Å². The van der Waals surface area contributed by atoms with Gasteiger partial charge in [-0.1, -0.05) is 60.7 Å². The number of furan rings is 1. The molecule has 1 aromatic heterocycles. The highest BCUT2D eigenvalue weighted by Crippen LogP contribution is 2.27. The Morgan fingerprint density at radius 2 is 1.55 bits per heavy atom. The SMILES string of the molecule is O=C(NCC(c1ccoc1)N1CCSCC1)C(c1ccccc1)c1ccccc1. The van der Waals surface area contributed by atoms with Gasteiger partial charge in [0, 0.05) is 36.7 Å². The van der Waals surface area contributed by atoms with Gasteiger partial charge in [0.25, 0.3) is 0 Å². The summed E-state index contributed by atoms with van der Waals surface area (Å²) in [4.78, 5) is 15.8. The molecule has 4 nitrogen and oxygen atoms in total. The number of thioether (sulfide) groups is 1. The number of carbonyl (C=O) groups is 1. The average molecular weight is 407 g/mol. The van der Waals surface area contributed by atoms with Crippen LogP contribution in [0.4, 0.5) is 0 Å². The van der Waals surface area contributed by atoms with E-state index in [-0.39, 0.29) is 17.9 Å². The van der Waals surface area contributed by atoms with Gasteiger partial charge in [0.1, 0.15) is 0 Å². The second-order valence-corrected chi connectivity index (χ2v) is 8.45. The molecule has 1 aliphatic heterocycles. The fraction of sp³-hybridized carbons (Fsp3) is 0.292. The lowest BCUT2D eigenvalue weighted by Gasteiger charge is -2.34. The number of amides is 1. The molecule has 3 aromatic rings. The quantitative estimate of drug-likeness (QED) is 0.635. The van der Waals surface area contributed by atoms with Gasteiger partial charge in [-0.3, -0.25) is 9.69 Å². The number of carbonyl (C=O) groups excluding carboxylic acids is 1. The third-order valence-electron chi connectivity index (χ3n) is 5.41. The Kier molecular flexibility index (Phi) is 6.70. The topological polar surface area (TPSA) is 45.5 Å². The first-order chi connectivity index (χ1) is 14.3. The molecule has 0 spiro atoms. The highest BCUT2D eigenvalue weighted by atomic mass is 32.2. The lowest BCUT2D eigenvalue weighted by molar-refractivity contribution is -0.122. The molecule has 2 heterocycles. The van der Waals surface area contributed by atoms with Crippen LogP contribution in [0, 0.1) is 0 Å². The molecule has 1 aliphatic rings. The van der Waals surface area contributed by atoms with E-state index < -0.39 is 0 Å². The smallest absolute Gasteiger partial charge is 0.232 e. The molecule has 1 N–H and O–H groups in total. The van der Waals surface area contributed by atoms with E-state index in [1.807, 2.05) is 78.5 Å². The van der Waals surface area contributed by atoms with Crippen LogP contribution in [-0.4, -0.2) is 41.9 Å². The summed E-state index contributed by atoms with van der Waals surface area (Å²) in [5.41, 5.74) is 3.13. The lowest BCUT2D eigenvalue weighted by Crippen LogP contribution is -2.43. The Labute approximate surface area is 176 Å². The van der Waals surface area contributed by atoms with Crippen molar-refractivity contribution in [3.63, 3.8) is 0 Å². The van der Waals surface area contributed by atoms with Gasteiger partial charge in [-0.15, -0.1) is 0 Å². The Morgan fingerprint density at radius 1 is 0.931 bits per heavy atom. The summed E-state index contributed by atoms with van der Waals surface area (Å²) < 4.78 is 5.33. The van der Waals surface area contributed by atoms with Crippen LogP contribution in [0.15, 0.2) is 83.7 Å². The Hall–Kier alpha value is -2.50.